The summed E-state index contributed by atoms with van der Waals surface area (Å²) in [7, 11) is -3.67. The number of benzene rings is 2. The number of nitrogens with zero attached hydrogens (tertiary/aromatic N) is 2. The zero-order valence-electron chi connectivity index (χ0n) is 17.2. The first-order valence-electron chi connectivity index (χ1n) is 9.67. The fourth-order valence-electron chi connectivity index (χ4n) is 3.52. The predicted molar refractivity (Wildman–Crippen MR) is 121 cm³/mol. The summed E-state index contributed by atoms with van der Waals surface area (Å²) in [6.07, 6.45) is 0. The molecular weight excluding hydrogens is 445 g/mol. The average molecular weight is 470 g/mol. The van der Waals surface area contributed by atoms with Gasteiger partial charge in [-0.25, -0.2) is 8.42 Å². The van der Waals surface area contributed by atoms with E-state index < -0.39 is 10.0 Å². The Hall–Kier alpha value is -1.64. The molecule has 1 amide bonds. The molecule has 9 heteroatoms. The third kappa shape index (κ3) is 4.81. The zero-order valence-corrected chi connectivity index (χ0v) is 19.5. The number of para-hydroxylation sites is 1. The molecule has 0 aliphatic carbocycles. The van der Waals surface area contributed by atoms with Crippen molar-refractivity contribution in [2.24, 2.45) is 0 Å². The van der Waals surface area contributed by atoms with Crippen molar-refractivity contribution in [2.45, 2.75) is 31.7 Å². The minimum atomic E-state index is -3.67. The number of amides is 1. The van der Waals surface area contributed by atoms with E-state index in [0.29, 0.717) is 31.2 Å². The lowest BCUT2D eigenvalue weighted by Crippen LogP contribution is -2.53. The molecule has 6 nitrogen and oxygen atoms in total. The summed E-state index contributed by atoms with van der Waals surface area (Å²) in [5.41, 5.74) is 2.84. The Morgan fingerprint density at radius 3 is 2.17 bits per heavy atom. The van der Waals surface area contributed by atoms with Gasteiger partial charge in [0.2, 0.25) is 15.9 Å². The molecule has 30 heavy (non-hydrogen) atoms. The Kier molecular flexibility index (Phi) is 7.09. The molecule has 2 aromatic rings. The molecule has 1 atom stereocenters. The molecule has 1 unspecified atom stereocenters. The molecule has 1 aliphatic heterocycles. The van der Waals surface area contributed by atoms with Crippen LogP contribution in [0.1, 0.15) is 18.1 Å². The van der Waals surface area contributed by atoms with Crippen LogP contribution in [0, 0.1) is 13.8 Å². The van der Waals surface area contributed by atoms with Crippen molar-refractivity contribution in [1.29, 1.82) is 0 Å². The maximum atomic E-state index is 12.9. The molecule has 0 bridgehead atoms. The Morgan fingerprint density at radius 2 is 1.60 bits per heavy atom. The van der Waals surface area contributed by atoms with Gasteiger partial charge in [0.15, 0.2) is 0 Å². The van der Waals surface area contributed by atoms with E-state index in [4.69, 9.17) is 23.2 Å². The van der Waals surface area contributed by atoms with Crippen LogP contribution in [0.25, 0.3) is 0 Å². The number of carbonyl (C=O) groups is 1. The summed E-state index contributed by atoms with van der Waals surface area (Å²) < 4.78 is 27.2. The van der Waals surface area contributed by atoms with Crippen LogP contribution >= 0.6 is 23.2 Å². The van der Waals surface area contributed by atoms with Crippen LogP contribution in [-0.2, 0) is 14.8 Å². The largest absolute Gasteiger partial charge is 0.324 e. The van der Waals surface area contributed by atoms with Crippen LogP contribution in [-0.4, -0.2) is 55.8 Å². The second-order valence-corrected chi connectivity index (χ2v) is 10.2. The van der Waals surface area contributed by atoms with E-state index in [1.54, 1.807) is 0 Å². The van der Waals surface area contributed by atoms with Gasteiger partial charge in [-0.05, 0) is 50.1 Å². The van der Waals surface area contributed by atoms with Crippen molar-refractivity contribution >= 4 is 44.8 Å². The smallest absolute Gasteiger partial charge is 0.243 e. The van der Waals surface area contributed by atoms with Gasteiger partial charge < -0.3 is 5.32 Å². The number of rotatable bonds is 5. The Balaban J connectivity index is 1.64. The average Bonchev–Trinajstić information content (AvgIpc) is 2.72. The Bertz CT molecular complexity index is 1030. The SMILES string of the molecule is Cc1cccc(C)c1NC(=O)C(C)N1CCN(S(=O)(=O)c2ccc(Cl)c(Cl)c2)CC1. The monoisotopic (exact) mass is 469 g/mol. The number of hydrogen-bond donors (Lipinski definition) is 1. The number of aryl methyl sites for hydroxylation is 2. The number of anilines is 1. The van der Waals surface area contributed by atoms with Crippen molar-refractivity contribution in [3.8, 4) is 0 Å². The number of carbonyl (C=O) groups excluding carboxylic acids is 1. The number of halogens is 2. The number of nitrogens with one attached hydrogen (secondary N) is 1. The van der Waals surface area contributed by atoms with Crippen molar-refractivity contribution in [1.82, 2.24) is 9.21 Å². The van der Waals surface area contributed by atoms with E-state index in [0.717, 1.165) is 16.8 Å². The summed E-state index contributed by atoms with van der Waals surface area (Å²) in [4.78, 5) is 14.9. The highest BCUT2D eigenvalue weighted by atomic mass is 35.5. The molecule has 1 saturated heterocycles. The fraction of sp³-hybridized carbons (Fsp3) is 0.381. The number of sulfonamides is 1. The van der Waals surface area contributed by atoms with Crippen molar-refractivity contribution in [2.75, 3.05) is 31.5 Å². The van der Waals surface area contributed by atoms with E-state index in [1.165, 1.54) is 22.5 Å². The van der Waals surface area contributed by atoms with Gasteiger partial charge in [-0.1, -0.05) is 41.4 Å². The van der Waals surface area contributed by atoms with Crippen LogP contribution in [0.2, 0.25) is 10.0 Å². The molecule has 0 saturated carbocycles. The predicted octanol–water partition coefficient (Wildman–Crippen LogP) is 3.94. The van der Waals surface area contributed by atoms with E-state index in [2.05, 4.69) is 5.32 Å². The van der Waals surface area contributed by atoms with Gasteiger partial charge in [0.1, 0.15) is 0 Å². The van der Waals surface area contributed by atoms with Gasteiger partial charge in [0, 0.05) is 31.9 Å². The molecule has 1 heterocycles. The highest BCUT2D eigenvalue weighted by Gasteiger charge is 2.32. The summed E-state index contributed by atoms with van der Waals surface area (Å²) in [6.45, 7) is 7.27. The lowest BCUT2D eigenvalue weighted by atomic mass is 10.1. The van der Waals surface area contributed by atoms with Crippen molar-refractivity contribution in [3.05, 3.63) is 57.6 Å². The van der Waals surface area contributed by atoms with E-state index >= 15 is 0 Å². The normalized spacial score (nSPS) is 17.0. The number of hydrogen-bond acceptors (Lipinski definition) is 4. The minimum absolute atomic E-state index is 0.104. The molecule has 1 N–H and O–H groups in total. The highest BCUT2D eigenvalue weighted by Crippen LogP contribution is 2.27. The molecule has 1 aliphatic rings. The molecule has 0 spiro atoms. The first-order valence-corrected chi connectivity index (χ1v) is 11.9. The molecule has 162 valence electrons. The second-order valence-electron chi connectivity index (χ2n) is 7.45. The molecule has 1 fully saturated rings. The van der Waals surface area contributed by atoms with E-state index in [9.17, 15) is 13.2 Å². The summed E-state index contributed by atoms with van der Waals surface area (Å²) >= 11 is 11.9. The summed E-state index contributed by atoms with van der Waals surface area (Å²) in [5, 5.41) is 3.53. The molecule has 2 aromatic carbocycles. The Morgan fingerprint density at radius 1 is 1.00 bits per heavy atom. The standard InChI is InChI=1S/C21H25Cl2N3O3S/c1-14-5-4-6-15(2)20(14)24-21(27)16(3)25-9-11-26(12-10-25)30(28,29)17-7-8-18(22)19(23)13-17/h4-8,13,16H,9-12H2,1-3H3,(H,24,27). The van der Waals surface area contributed by atoms with Crippen molar-refractivity contribution in [3.63, 3.8) is 0 Å². The second kappa shape index (κ2) is 9.24. The van der Waals surface area contributed by atoms with E-state index in [-0.39, 0.29) is 21.9 Å². The first-order chi connectivity index (χ1) is 14.1. The van der Waals surface area contributed by atoms with Crippen LogP contribution in [0.4, 0.5) is 5.69 Å². The maximum absolute atomic E-state index is 12.9. The first kappa shape index (κ1) is 23.0. The number of piperazine rings is 1. The summed E-state index contributed by atoms with van der Waals surface area (Å²) in [5.74, 6) is -0.104. The van der Waals surface area contributed by atoms with Crippen LogP contribution < -0.4 is 5.32 Å². The topological polar surface area (TPSA) is 69.7 Å². The lowest BCUT2D eigenvalue weighted by Gasteiger charge is -2.36. The fourth-order valence-corrected chi connectivity index (χ4v) is 5.33. The van der Waals surface area contributed by atoms with Crippen LogP contribution in [0.3, 0.4) is 0 Å². The van der Waals surface area contributed by atoms with Gasteiger partial charge >= 0.3 is 0 Å². The minimum Gasteiger partial charge on any atom is -0.324 e. The van der Waals surface area contributed by atoms with Crippen LogP contribution in [0.5, 0.6) is 0 Å². The van der Waals surface area contributed by atoms with Gasteiger partial charge in [-0.2, -0.15) is 4.31 Å². The van der Waals surface area contributed by atoms with Crippen molar-refractivity contribution < 1.29 is 13.2 Å². The zero-order chi connectivity index (χ0) is 22.1. The lowest BCUT2D eigenvalue weighted by molar-refractivity contribution is -0.121. The van der Waals surface area contributed by atoms with Gasteiger partial charge in [0.05, 0.1) is 21.0 Å². The molecule has 3 rings (SSSR count). The van der Waals surface area contributed by atoms with E-state index in [1.807, 2.05) is 43.9 Å². The maximum Gasteiger partial charge on any atom is 0.243 e. The summed E-state index contributed by atoms with van der Waals surface area (Å²) in [6, 6.07) is 9.80. The molecule has 0 radical (unpaired) electrons. The third-order valence-electron chi connectivity index (χ3n) is 5.46. The quantitative estimate of drug-likeness (QED) is 0.719. The third-order valence-corrected chi connectivity index (χ3v) is 8.09. The van der Waals surface area contributed by atoms with Gasteiger partial charge in [-0.3, -0.25) is 9.69 Å². The Labute approximate surface area is 187 Å². The van der Waals surface area contributed by atoms with Gasteiger partial charge in [0.25, 0.3) is 0 Å². The van der Waals surface area contributed by atoms with Gasteiger partial charge in [-0.15, -0.1) is 0 Å². The highest BCUT2D eigenvalue weighted by molar-refractivity contribution is 7.89. The van der Waals surface area contributed by atoms with Crippen LogP contribution in [0.15, 0.2) is 41.3 Å². The molecule has 0 aromatic heterocycles. The molecular formula is C21H25Cl2N3O3S.